The van der Waals surface area contributed by atoms with Crippen molar-refractivity contribution < 1.29 is 9.47 Å². The Morgan fingerprint density at radius 2 is 2.25 bits per heavy atom. The molecule has 16 heavy (non-hydrogen) atoms. The minimum Gasteiger partial charge on any atom is -0.379 e. The Morgan fingerprint density at radius 3 is 2.75 bits per heavy atom. The van der Waals surface area contributed by atoms with Crippen LogP contribution in [0.3, 0.4) is 0 Å². The summed E-state index contributed by atoms with van der Waals surface area (Å²) in [5, 5.41) is 0. The Kier molecular flexibility index (Phi) is 5.18. The van der Waals surface area contributed by atoms with Crippen LogP contribution in [-0.2, 0) is 9.47 Å². The van der Waals surface area contributed by atoms with Crippen LogP contribution in [0.1, 0.15) is 27.2 Å². The van der Waals surface area contributed by atoms with E-state index in [-0.39, 0.29) is 5.60 Å². The van der Waals surface area contributed by atoms with E-state index >= 15 is 0 Å². The van der Waals surface area contributed by atoms with Crippen molar-refractivity contribution in [3.05, 3.63) is 0 Å². The normalized spacial score (nSPS) is 25.7. The van der Waals surface area contributed by atoms with Crippen LogP contribution in [0.25, 0.3) is 0 Å². The summed E-state index contributed by atoms with van der Waals surface area (Å²) in [6.07, 6.45) is 1.28. The molecule has 1 heterocycles. The first-order valence-electron chi connectivity index (χ1n) is 6.09. The number of hydrogen-bond donors (Lipinski definition) is 1. The van der Waals surface area contributed by atoms with Gasteiger partial charge < -0.3 is 15.2 Å². The average molecular weight is 230 g/mol. The van der Waals surface area contributed by atoms with E-state index in [0.717, 1.165) is 26.1 Å². The van der Waals surface area contributed by atoms with Gasteiger partial charge in [-0.3, -0.25) is 4.90 Å². The molecular formula is C12H26N2O2. The highest BCUT2D eigenvalue weighted by atomic mass is 16.5. The van der Waals surface area contributed by atoms with Gasteiger partial charge in [-0.25, -0.2) is 0 Å². The first kappa shape index (κ1) is 13.9. The molecule has 1 rings (SSSR count). The third kappa shape index (κ3) is 4.01. The lowest BCUT2D eigenvalue weighted by molar-refractivity contribution is -0.0557. The van der Waals surface area contributed by atoms with Crippen LogP contribution in [0.4, 0.5) is 0 Å². The predicted molar refractivity (Wildman–Crippen MR) is 65.5 cm³/mol. The monoisotopic (exact) mass is 230 g/mol. The molecule has 0 aliphatic carbocycles. The highest BCUT2D eigenvalue weighted by Crippen LogP contribution is 2.20. The van der Waals surface area contributed by atoms with Crippen molar-refractivity contribution in [2.24, 2.45) is 5.73 Å². The maximum atomic E-state index is 5.87. The minimum absolute atomic E-state index is 0.106. The van der Waals surface area contributed by atoms with Crippen molar-refractivity contribution in [2.45, 2.75) is 44.9 Å². The van der Waals surface area contributed by atoms with Crippen LogP contribution in [-0.4, -0.2) is 56.0 Å². The van der Waals surface area contributed by atoms with Gasteiger partial charge in [0.25, 0.3) is 0 Å². The fourth-order valence-corrected chi connectivity index (χ4v) is 2.19. The third-order valence-electron chi connectivity index (χ3n) is 3.34. The number of nitrogens with two attached hydrogens (primary N) is 1. The van der Waals surface area contributed by atoms with Crippen molar-refractivity contribution in [2.75, 3.05) is 33.4 Å². The molecule has 1 aliphatic heterocycles. The SMILES string of the molecule is COC(C)(C)CC(CN)N1CCOC(C)C1. The number of nitrogens with zero attached hydrogens (tertiary/aromatic N) is 1. The van der Waals surface area contributed by atoms with Gasteiger partial charge in [0.05, 0.1) is 18.3 Å². The Balaban J connectivity index is 2.52. The summed E-state index contributed by atoms with van der Waals surface area (Å²) in [7, 11) is 1.76. The van der Waals surface area contributed by atoms with Gasteiger partial charge in [0, 0.05) is 32.8 Å². The molecule has 0 bridgehead atoms. The molecule has 2 unspecified atom stereocenters. The standard InChI is InChI=1S/C12H26N2O2/c1-10-9-14(5-6-16-10)11(8-13)7-12(2,3)15-4/h10-11H,5-9,13H2,1-4H3. The molecule has 2 N–H and O–H groups in total. The summed E-state index contributed by atoms with van der Waals surface area (Å²) in [6, 6.07) is 0.390. The lowest BCUT2D eigenvalue weighted by atomic mass is 9.97. The van der Waals surface area contributed by atoms with Gasteiger partial charge in [-0.1, -0.05) is 0 Å². The summed E-state index contributed by atoms with van der Waals surface area (Å²) < 4.78 is 11.0. The van der Waals surface area contributed by atoms with E-state index in [1.807, 2.05) is 0 Å². The van der Waals surface area contributed by atoms with Gasteiger partial charge >= 0.3 is 0 Å². The summed E-state index contributed by atoms with van der Waals surface area (Å²) in [4.78, 5) is 2.43. The van der Waals surface area contributed by atoms with E-state index < -0.39 is 0 Å². The van der Waals surface area contributed by atoms with E-state index in [9.17, 15) is 0 Å². The number of ether oxygens (including phenoxy) is 2. The van der Waals surface area contributed by atoms with Crippen LogP contribution >= 0.6 is 0 Å². The number of methoxy groups -OCH3 is 1. The molecule has 2 atom stereocenters. The Labute approximate surface area is 99.1 Å². The molecule has 4 heteroatoms. The first-order valence-corrected chi connectivity index (χ1v) is 6.09. The zero-order valence-electron chi connectivity index (χ0n) is 11.0. The van der Waals surface area contributed by atoms with Gasteiger partial charge in [0.1, 0.15) is 0 Å². The molecule has 0 aromatic heterocycles. The van der Waals surface area contributed by atoms with Crippen molar-refractivity contribution in [3.8, 4) is 0 Å². The van der Waals surface area contributed by atoms with Gasteiger partial charge in [-0.05, 0) is 27.2 Å². The van der Waals surface area contributed by atoms with Gasteiger partial charge in [-0.2, -0.15) is 0 Å². The number of hydrogen-bond acceptors (Lipinski definition) is 4. The molecule has 0 saturated carbocycles. The van der Waals surface area contributed by atoms with Crippen molar-refractivity contribution in [3.63, 3.8) is 0 Å². The van der Waals surface area contributed by atoms with Gasteiger partial charge in [0.2, 0.25) is 0 Å². The van der Waals surface area contributed by atoms with Gasteiger partial charge in [0.15, 0.2) is 0 Å². The quantitative estimate of drug-likeness (QED) is 0.760. The molecular weight excluding hydrogens is 204 g/mol. The zero-order chi connectivity index (χ0) is 12.2. The lowest BCUT2D eigenvalue weighted by Crippen LogP contribution is -2.51. The fourth-order valence-electron chi connectivity index (χ4n) is 2.19. The second-order valence-corrected chi connectivity index (χ2v) is 5.23. The molecule has 1 saturated heterocycles. The molecule has 1 aliphatic rings. The van der Waals surface area contributed by atoms with Crippen molar-refractivity contribution in [1.82, 2.24) is 4.90 Å². The van der Waals surface area contributed by atoms with Crippen LogP contribution in [0.2, 0.25) is 0 Å². The summed E-state index contributed by atoms with van der Waals surface area (Å²) in [5.74, 6) is 0. The minimum atomic E-state index is -0.106. The van der Waals surface area contributed by atoms with Crippen LogP contribution < -0.4 is 5.73 Å². The highest BCUT2D eigenvalue weighted by Gasteiger charge is 2.28. The summed E-state index contributed by atoms with van der Waals surface area (Å²) in [6.45, 7) is 9.78. The maximum Gasteiger partial charge on any atom is 0.0674 e. The largest absolute Gasteiger partial charge is 0.379 e. The second-order valence-electron chi connectivity index (χ2n) is 5.23. The average Bonchev–Trinajstić information content (AvgIpc) is 2.26. The van der Waals surface area contributed by atoms with Gasteiger partial charge in [-0.15, -0.1) is 0 Å². The second kappa shape index (κ2) is 5.96. The highest BCUT2D eigenvalue weighted by molar-refractivity contribution is 4.83. The first-order chi connectivity index (χ1) is 7.48. The topological polar surface area (TPSA) is 47.7 Å². The summed E-state index contributed by atoms with van der Waals surface area (Å²) >= 11 is 0. The van der Waals surface area contributed by atoms with E-state index in [1.165, 1.54) is 0 Å². The molecule has 0 aromatic rings. The molecule has 4 nitrogen and oxygen atoms in total. The third-order valence-corrected chi connectivity index (χ3v) is 3.34. The van der Waals surface area contributed by atoms with Crippen molar-refractivity contribution in [1.29, 1.82) is 0 Å². The zero-order valence-corrected chi connectivity index (χ0v) is 11.0. The van der Waals surface area contributed by atoms with Crippen LogP contribution in [0, 0.1) is 0 Å². The van der Waals surface area contributed by atoms with E-state index in [4.69, 9.17) is 15.2 Å². The Bertz CT molecular complexity index is 209. The molecule has 0 aromatic carbocycles. The predicted octanol–water partition coefficient (Wildman–Crippen LogP) is 0.850. The lowest BCUT2D eigenvalue weighted by Gasteiger charge is -2.39. The molecule has 0 spiro atoms. The van der Waals surface area contributed by atoms with Crippen molar-refractivity contribution >= 4 is 0 Å². The molecule has 1 fully saturated rings. The van der Waals surface area contributed by atoms with Crippen LogP contribution in [0.15, 0.2) is 0 Å². The van der Waals surface area contributed by atoms with Crippen LogP contribution in [0.5, 0.6) is 0 Å². The number of rotatable bonds is 5. The van der Waals surface area contributed by atoms with E-state index in [0.29, 0.717) is 18.7 Å². The smallest absolute Gasteiger partial charge is 0.0674 e. The fraction of sp³-hybridized carbons (Fsp3) is 1.00. The number of morpholine rings is 1. The molecule has 0 amide bonds. The Hall–Kier alpha value is -0.160. The maximum absolute atomic E-state index is 5.87. The van der Waals surface area contributed by atoms with E-state index in [1.54, 1.807) is 7.11 Å². The molecule has 0 radical (unpaired) electrons. The summed E-state index contributed by atoms with van der Waals surface area (Å²) in [5.41, 5.74) is 5.77. The van der Waals surface area contributed by atoms with E-state index in [2.05, 4.69) is 25.7 Å². The molecule has 96 valence electrons. The Morgan fingerprint density at radius 1 is 1.56 bits per heavy atom.